The maximum absolute atomic E-state index is 11.5. The standard InChI is InChI=1S/C13H16INO4/c1-2-3-6-15-12(16)8-19-11-7-9(13(17)18)4-5-10(11)14/h4-5,7H,2-3,6,8H2,1H3,(H,15,16)(H,17,18). The van der Waals surface area contributed by atoms with Crippen molar-refractivity contribution in [1.29, 1.82) is 0 Å². The van der Waals surface area contributed by atoms with E-state index in [1.807, 2.05) is 29.5 Å². The molecule has 0 fully saturated rings. The normalized spacial score (nSPS) is 10.0. The number of nitrogens with one attached hydrogen (secondary N) is 1. The molecule has 0 aliphatic carbocycles. The number of amides is 1. The van der Waals surface area contributed by atoms with E-state index in [0.717, 1.165) is 16.4 Å². The number of hydrogen-bond donors (Lipinski definition) is 2. The fourth-order valence-electron chi connectivity index (χ4n) is 1.35. The molecule has 1 aromatic rings. The van der Waals surface area contributed by atoms with Crippen LogP contribution in [0.2, 0.25) is 0 Å². The lowest BCUT2D eigenvalue weighted by molar-refractivity contribution is -0.123. The van der Waals surface area contributed by atoms with E-state index in [1.165, 1.54) is 12.1 Å². The van der Waals surface area contributed by atoms with Gasteiger partial charge in [0.05, 0.1) is 9.13 Å². The molecule has 0 radical (unpaired) electrons. The molecule has 2 N–H and O–H groups in total. The second-order valence-corrected chi connectivity index (χ2v) is 5.10. The smallest absolute Gasteiger partial charge is 0.335 e. The van der Waals surface area contributed by atoms with Gasteiger partial charge in [-0.15, -0.1) is 0 Å². The van der Waals surface area contributed by atoms with Gasteiger partial charge in [0.2, 0.25) is 0 Å². The van der Waals surface area contributed by atoms with Crippen molar-refractivity contribution in [1.82, 2.24) is 5.32 Å². The van der Waals surface area contributed by atoms with E-state index in [1.54, 1.807) is 6.07 Å². The van der Waals surface area contributed by atoms with Crippen LogP contribution in [0.1, 0.15) is 30.1 Å². The van der Waals surface area contributed by atoms with Gasteiger partial charge in [-0.2, -0.15) is 0 Å². The first-order valence-corrected chi connectivity index (χ1v) is 7.04. The number of ether oxygens (including phenoxy) is 1. The van der Waals surface area contributed by atoms with Gasteiger partial charge in [0, 0.05) is 6.54 Å². The minimum absolute atomic E-state index is 0.108. The summed E-state index contributed by atoms with van der Waals surface area (Å²) in [6.07, 6.45) is 1.94. The number of hydrogen-bond acceptors (Lipinski definition) is 3. The molecule has 104 valence electrons. The third-order valence-electron chi connectivity index (χ3n) is 2.39. The molecule has 0 heterocycles. The summed E-state index contributed by atoms with van der Waals surface area (Å²) in [5.74, 6) is -0.815. The lowest BCUT2D eigenvalue weighted by Gasteiger charge is -2.09. The number of carboxylic acid groups (broad SMARTS) is 1. The van der Waals surface area contributed by atoms with Crippen LogP contribution in [0.25, 0.3) is 0 Å². The molecule has 6 heteroatoms. The van der Waals surface area contributed by atoms with Crippen LogP contribution in [0.3, 0.4) is 0 Å². The Morgan fingerprint density at radius 1 is 1.42 bits per heavy atom. The third kappa shape index (κ3) is 5.46. The Morgan fingerprint density at radius 2 is 2.16 bits per heavy atom. The summed E-state index contributed by atoms with van der Waals surface area (Å²) in [6, 6.07) is 4.57. The molecule has 0 atom stereocenters. The first kappa shape index (κ1) is 15.7. The van der Waals surface area contributed by atoms with Crippen molar-refractivity contribution >= 4 is 34.5 Å². The van der Waals surface area contributed by atoms with Gasteiger partial charge >= 0.3 is 5.97 Å². The molecule has 0 spiro atoms. The lowest BCUT2D eigenvalue weighted by atomic mass is 10.2. The predicted octanol–water partition coefficient (Wildman–Crippen LogP) is 2.28. The number of carbonyl (C=O) groups is 2. The zero-order chi connectivity index (χ0) is 14.3. The van der Waals surface area contributed by atoms with E-state index in [4.69, 9.17) is 9.84 Å². The van der Waals surface area contributed by atoms with Crippen molar-refractivity contribution in [2.75, 3.05) is 13.2 Å². The monoisotopic (exact) mass is 377 g/mol. The summed E-state index contributed by atoms with van der Waals surface area (Å²) < 4.78 is 6.10. The molecular weight excluding hydrogens is 361 g/mol. The molecule has 1 aromatic carbocycles. The Balaban J connectivity index is 2.54. The van der Waals surface area contributed by atoms with Gasteiger partial charge in [0.15, 0.2) is 6.61 Å². The largest absolute Gasteiger partial charge is 0.483 e. The van der Waals surface area contributed by atoms with Gasteiger partial charge in [-0.05, 0) is 47.2 Å². The molecule has 0 bridgehead atoms. The molecule has 1 rings (SSSR count). The van der Waals surface area contributed by atoms with E-state index >= 15 is 0 Å². The average molecular weight is 377 g/mol. The molecule has 0 aliphatic heterocycles. The number of carbonyl (C=O) groups excluding carboxylic acids is 1. The number of aromatic carboxylic acids is 1. The molecule has 5 nitrogen and oxygen atoms in total. The van der Waals surface area contributed by atoms with Crippen molar-refractivity contribution < 1.29 is 19.4 Å². The summed E-state index contributed by atoms with van der Waals surface area (Å²) in [7, 11) is 0. The second-order valence-electron chi connectivity index (χ2n) is 3.94. The van der Waals surface area contributed by atoms with Crippen LogP contribution in [0, 0.1) is 3.57 Å². The van der Waals surface area contributed by atoms with E-state index in [2.05, 4.69) is 5.32 Å². The van der Waals surface area contributed by atoms with E-state index in [0.29, 0.717) is 12.3 Å². The summed E-state index contributed by atoms with van der Waals surface area (Å²) in [6.45, 7) is 2.57. The van der Waals surface area contributed by atoms with Crippen LogP contribution in [-0.4, -0.2) is 30.1 Å². The fourth-order valence-corrected chi connectivity index (χ4v) is 1.84. The average Bonchev–Trinajstić information content (AvgIpc) is 2.37. The van der Waals surface area contributed by atoms with Crippen molar-refractivity contribution in [2.45, 2.75) is 19.8 Å². The number of rotatable bonds is 7. The Labute approximate surface area is 125 Å². The minimum atomic E-state index is -1.02. The number of halogens is 1. The molecule has 0 saturated heterocycles. The van der Waals surface area contributed by atoms with Crippen molar-refractivity contribution in [3.05, 3.63) is 27.3 Å². The summed E-state index contributed by atoms with van der Waals surface area (Å²) in [5.41, 5.74) is 0.141. The van der Waals surface area contributed by atoms with Gasteiger partial charge < -0.3 is 15.2 Å². The second kappa shape index (κ2) is 7.98. The van der Waals surface area contributed by atoms with Crippen LogP contribution >= 0.6 is 22.6 Å². The quantitative estimate of drug-likeness (QED) is 0.565. The molecule has 0 aromatic heterocycles. The first-order chi connectivity index (χ1) is 9.04. The van der Waals surface area contributed by atoms with Crippen LogP contribution in [0.5, 0.6) is 5.75 Å². The number of unbranched alkanes of at least 4 members (excludes halogenated alkanes) is 1. The van der Waals surface area contributed by atoms with Crippen LogP contribution in [0.15, 0.2) is 18.2 Å². The Bertz CT molecular complexity index is 462. The highest BCUT2D eigenvalue weighted by Gasteiger charge is 2.09. The highest BCUT2D eigenvalue weighted by Crippen LogP contribution is 2.22. The highest BCUT2D eigenvalue weighted by atomic mass is 127. The van der Waals surface area contributed by atoms with Gasteiger partial charge in [0.25, 0.3) is 5.91 Å². The minimum Gasteiger partial charge on any atom is -0.483 e. The molecule has 0 saturated carbocycles. The van der Waals surface area contributed by atoms with E-state index in [9.17, 15) is 9.59 Å². The number of benzene rings is 1. The van der Waals surface area contributed by atoms with Crippen molar-refractivity contribution in [3.63, 3.8) is 0 Å². The molecule has 0 unspecified atom stereocenters. The van der Waals surface area contributed by atoms with Gasteiger partial charge in [-0.1, -0.05) is 13.3 Å². The molecule has 1 amide bonds. The SMILES string of the molecule is CCCCNC(=O)COc1cc(C(=O)O)ccc1I. The summed E-state index contributed by atoms with van der Waals surface area (Å²) >= 11 is 2.03. The molecule has 0 aliphatic rings. The van der Waals surface area contributed by atoms with Crippen LogP contribution < -0.4 is 10.1 Å². The zero-order valence-electron chi connectivity index (χ0n) is 10.6. The lowest BCUT2D eigenvalue weighted by Crippen LogP contribution is -2.29. The maximum atomic E-state index is 11.5. The first-order valence-electron chi connectivity index (χ1n) is 5.97. The van der Waals surface area contributed by atoms with Gasteiger partial charge in [-0.25, -0.2) is 4.79 Å². The maximum Gasteiger partial charge on any atom is 0.335 e. The van der Waals surface area contributed by atoms with E-state index < -0.39 is 5.97 Å². The highest BCUT2D eigenvalue weighted by molar-refractivity contribution is 14.1. The molecule has 19 heavy (non-hydrogen) atoms. The Hall–Kier alpha value is -1.31. The van der Waals surface area contributed by atoms with Crippen molar-refractivity contribution in [3.8, 4) is 5.75 Å². The van der Waals surface area contributed by atoms with Gasteiger partial charge in [-0.3, -0.25) is 4.79 Å². The molecular formula is C13H16INO4. The van der Waals surface area contributed by atoms with Gasteiger partial charge in [0.1, 0.15) is 5.75 Å². The fraction of sp³-hybridized carbons (Fsp3) is 0.385. The summed E-state index contributed by atoms with van der Waals surface area (Å²) in [4.78, 5) is 22.3. The van der Waals surface area contributed by atoms with Crippen molar-refractivity contribution in [2.24, 2.45) is 0 Å². The summed E-state index contributed by atoms with van der Waals surface area (Å²) in [5, 5.41) is 11.6. The topological polar surface area (TPSA) is 75.6 Å². The third-order valence-corrected chi connectivity index (χ3v) is 3.28. The zero-order valence-corrected chi connectivity index (χ0v) is 12.8. The van der Waals surface area contributed by atoms with E-state index in [-0.39, 0.29) is 18.1 Å². The number of carboxylic acids is 1. The Morgan fingerprint density at radius 3 is 2.79 bits per heavy atom. The Kier molecular flexibility index (Phi) is 6.61. The van der Waals surface area contributed by atoms with Crippen LogP contribution in [0.4, 0.5) is 0 Å². The predicted molar refractivity (Wildman–Crippen MR) is 79.5 cm³/mol. The van der Waals surface area contributed by atoms with Crippen LogP contribution in [-0.2, 0) is 4.79 Å².